The van der Waals surface area contributed by atoms with Crippen molar-refractivity contribution >= 4 is 11.0 Å². The van der Waals surface area contributed by atoms with Crippen LogP contribution in [-0.2, 0) is 17.7 Å². The number of ether oxygens (including phenoxy) is 1. The van der Waals surface area contributed by atoms with Gasteiger partial charge in [0.1, 0.15) is 17.7 Å². The van der Waals surface area contributed by atoms with Gasteiger partial charge in [0, 0.05) is 47.8 Å². The highest BCUT2D eigenvalue weighted by molar-refractivity contribution is 5.79. The first-order valence-corrected chi connectivity index (χ1v) is 12.5. The molecule has 1 fully saturated rings. The quantitative estimate of drug-likeness (QED) is 0.530. The van der Waals surface area contributed by atoms with Gasteiger partial charge in [-0.2, -0.15) is 0 Å². The number of aromatic nitrogens is 3. The van der Waals surface area contributed by atoms with Crippen molar-refractivity contribution in [2.45, 2.75) is 77.5 Å². The molecule has 2 atom stereocenters. The number of likely N-dealkylation sites (tertiary alicyclic amines) is 1. The number of aryl methyl sites for hydroxylation is 1. The van der Waals surface area contributed by atoms with Gasteiger partial charge in [-0.05, 0) is 64.3 Å². The number of fused-ring (bicyclic) bond motifs is 2. The summed E-state index contributed by atoms with van der Waals surface area (Å²) in [5, 5.41) is 5.19. The van der Waals surface area contributed by atoms with E-state index in [9.17, 15) is 9.18 Å². The second-order valence-electron chi connectivity index (χ2n) is 9.51. The highest BCUT2D eigenvalue weighted by atomic mass is 19.1. The molecule has 1 aromatic carbocycles. The fraction of sp³-hybridized carbons (Fsp3) is 0.577. The van der Waals surface area contributed by atoms with Crippen LogP contribution in [0.15, 0.2) is 27.5 Å². The summed E-state index contributed by atoms with van der Waals surface area (Å²) in [4.78, 5) is 20.5. The number of hydrogen-bond donors (Lipinski definition) is 0. The molecule has 2 aliphatic heterocycles. The third-order valence-corrected chi connectivity index (χ3v) is 7.45. The van der Waals surface area contributed by atoms with Crippen LogP contribution in [0.3, 0.4) is 0 Å². The number of hydrogen-bond acceptors (Lipinski definition) is 6. The molecule has 2 aliphatic rings. The first kappa shape index (κ1) is 23.2. The molecule has 0 saturated carbocycles. The van der Waals surface area contributed by atoms with E-state index < -0.39 is 0 Å². The molecular formula is C26H33FN4O3. The Kier molecular flexibility index (Phi) is 6.53. The molecule has 7 nitrogen and oxygen atoms in total. The molecule has 1 saturated heterocycles. The largest absolute Gasteiger partial charge is 0.369 e. The summed E-state index contributed by atoms with van der Waals surface area (Å²) >= 11 is 0. The average Bonchev–Trinajstić information content (AvgIpc) is 3.26. The van der Waals surface area contributed by atoms with E-state index in [1.165, 1.54) is 12.1 Å². The van der Waals surface area contributed by atoms with Gasteiger partial charge < -0.3 is 9.26 Å². The number of piperidine rings is 1. The Bertz CT molecular complexity index is 1230. The van der Waals surface area contributed by atoms with Crippen LogP contribution in [0.4, 0.5) is 4.39 Å². The molecule has 2 aromatic heterocycles. The van der Waals surface area contributed by atoms with Gasteiger partial charge in [0.05, 0.1) is 5.69 Å². The molecule has 0 spiro atoms. The summed E-state index contributed by atoms with van der Waals surface area (Å²) in [7, 11) is 0. The Morgan fingerprint density at radius 1 is 1.18 bits per heavy atom. The van der Waals surface area contributed by atoms with Gasteiger partial charge in [-0.1, -0.05) is 19.0 Å². The Hall–Kier alpha value is -2.58. The fourth-order valence-electron chi connectivity index (χ4n) is 5.68. The molecule has 0 radical (unpaired) electrons. The topological polar surface area (TPSA) is 73.4 Å². The summed E-state index contributed by atoms with van der Waals surface area (Å²) in [6.45, 7) is 9.17. The average molecular weight is 469 g/mol. The molecule has 0 bridgehead atoms. The predicted molar refractivity (Wildman–Crippen MR) is 128 cm³/mol. The third kappa shape index (κ3) is 4.07. The SMILES string of the molecule is CCCOC1c2nc(C)c(CC)c(=O)n2CCC1N1CCC(c2noc3cc(F)ccc23)CC1. The minimum Gasteiger partial charge on any atom is -0.369 e. The first-order chi connectivity index (χ1) is 16.5. The van der Waals surface area contributed by atoms with Gasteiger partial charge in [-0.15, -0.1) is 0 Å². The normalized spacial score (nSPS) is 21.8. The molecule has 4 heterocycles. The van der Waals surface area contributed by atoms with Crippen molar-refractivity contribution in [1.29, 1.82) is 0 Å². The van der Waals surface area contributed by atoms with Crippen LogP contribution < -0.4 is 5.56 Å². The fourth-order valence-corrected chi connectivity index (χ4v) is 5.68. The maximum Gasteiger partial charge on any atom is 0.256 e. The van der Waals surface area contributed by atoms with Gasteiger partial charge in [0.25, 0.3) is 5.56 Å². The van der Waals surface area contributed by atoms with E-state index in [0.29, 0.717) is 25.2 Å². The Morgan fingerprint density at radius 2 is 1.97 bits per heavy atom. The Morgan fingerprint density at radius 3 is 2.71 bits per heavy atom. The van der Waals surface area contributed by atoms with Crippen molar-refractivity contribution in [2.75, 3.05) is 19.7 Å². The Labute approximate surface area is 198 Å². The second-order valence-corrected chi connectivity index (χ2v) is 9.51. The summed E-state index contributed by atoms with van der Waals surface area (Å²) in [5.74, 6) is 0.745. The van der Waals surface area contributed by atoms with Gasteiger partial charge in [-0.3, -0.25) is 14.3 Å². The van der Waals surface area contributed by atoms with Crippen molar-refractivity contribution in [3.63, 3.8) is 0 Å². The van der Waals surface area contributed by atoms with Crippen LogP contribution in [0.5, 0.6) is 0 Å². The zero-order valence-corrected chi connectivity index (χ0v) is 20.2. The number of nitrogens with zero attached hydrogens (tertiary/aromatic N) is 4. The maximum absolute atomic E-state index is 13.5. The zero-order chi connectivity index (χ0) is 23.8. The van der Waals surface area contributed by atoms with Gasteiger partial charge in [0.15, 0.2) is 5.58 Å². The van der Waals surface area contributed by atoms with E-state index in [4.69, 9.17) is 14.2 Å². The van der Waals surface area contributed by atoms with Crippen LogP contribution in [-0.4, -0.2) is 45.3 Å². The molecule has 0 aliphatic carbocycles. The zero-order valence-electron chi connectivity index (χ0n) is 20.2. The van der Waals surface area contributed by atoms with E-state index in [2.05, 4.69) is 17.0 Å². The second kappa shape index (κ2) is 9.58. The lowest BCUT2D eigenvalue weighted by atomic mass is 9.89. The minimum atomic E-state index is -0.310. The predicted octanol–water partition coefficient (Wildman–Crippen LogP) is 4.51. The van der Waals surface area contributed by atoms with E-state index in [-0.39, 0.29) is 29.4 Å². The molecule has 0 N–H and O–H groups in total. The van der Waals surface area contributed by atoms with E-state index >= 15 is 0 Å². The summed E-state index contributed by atoms with van der Waals surface area (Å²) in [6.07, 6.45) is 4.17. The lowest BCUT2D eigenvalue weighted by molar-refractivity contribution is -0.0452. The van der Waals surface area contributed by atoms with Crippen molar-refractivity contribution < 1.29 is 13.7 Å². The van der Waals surface area contributed by atoms with Crippen LogP contribution in [0.25, 0.3) is 11.0 Å². The van der Waals surface area contributed by atoms with Gasteiger partial charge >= 0.3 is 0 Å². The highest BCUT2D eigenvalue weighted by Crippen LogP contribution is 2.37. The molecular weight excluding hydrogens is 435 g/mol. The number of rotatable bonds is 6. The van der Waals surface area contributed by atoms with Crippen molar-refractivity contribution in [1.82, 2.24) is 19.6 Å². The van der Waals surface area contributed by atoms with Crippen molar-refractivity contribution in [3.05, 3.63) is 57.1 Å². The van der Waals surface area contributed by atoms with Crippen molar-refractivity contribution in [3.8, 4) is 0 Å². The summed E-state index contributed by atoms with van der Waals surface area (Å²) in [6, 6.07) is 4.83. The van der Waals surface area contributed by atoms with Crippen LogP contribution in [0, 0.1) is 12.7 Å². The molecule has 0 amide bonds. The summed E-state index contributed by atoms with van der Waals surface area (Å²) in [5.41, 5.74) is 3.14. The van der Waals surface area contributed by atoms with Crippen LogP contribution in [0.1, 0.15) is 74.3 Å². The van der Waals surface area contributed by atoms with E-state index in [1.807, 2.05) is 18.4 Å². The molecule has 2 unspecified atom stereocenters. The minimum absolute atomic E-state index is 0.0848. The Balaban J connectivity index is 1.37. The molecule has 8 heteroatoms. The number of benzene rings is 1. The standard InChI is InChI=1S/C26H33FN4O3/c1-4-14-33-24-21(10-13-31-25(24)28-16(3)19(5-2)26(31)32)30-11-8-17(9-12-30)23-20-7-6-18(27)15-22(20)34-29-23/h6-7,15,17,21,24H,4-5,8-14H2,1-3H3. The van der Waals surface area contributed by atoms with E-state index in [1.54, 1.807) is 6.07 Å². The summed E-state index contributed by atoms with van der Waals surface area (Å²) < 4.78 is 27.1. The first-order valence-electron chi connectivity index (χ1n) is 12.5. The number of halogens is 1. The highest BCUT2D eigenvalue weighted by Gasteiger charge is 2.39. The van der Waals surface area contributed by atoms with Crippen molar-refractivity contribution in [2.24, 2.45) is 0 Å². The lowest BCUT2D eigenvalue weighted by Gasteiger charge is -2.43. The maximum atomic E-state index is 13.5. The smallest absolute Gasteiger partial charge is 0.256 e. The lowest BCUT2D eigenvalue weighted by Crippen LogP contribution is -2.50. The van der Waals surface area contributed by atoms with Crippen LogP contribution >= 0.6 is 0 Å². The molecule has 34 heavy (non-hydrogen) atoms. The van der Waals surface area contributed by atoms with E-state index in [0.717, 1.165) is 66.9 Å². The molecule has 3 aromatic rings. The van der Waals surface area contributed by atoms with Gasteiger partial charge in [-0.25, -0.2) is 9.37 Å². The third-order valence-electron chi connectivity index (χ3n) is 7.45. The van der Waals surface area contributed by atoms with Gasteiger partial charge in [0.2, 0.25) is 0 Å². The molecule has 182 valence electrons. The monoisotopic (exact) mass is 468 g/mol. The van der Waals surface area contributed by atoms with Crippen LogP contribution in [0.2, 0.25) is 0 Å². The molecule has 5 rings (SSSR count).